The molecule has 0 aliphatic carbocycles. The van der Waals surface area contributed by atoms with Crippen molar-refractivity contribution in [3.63, 3.8) is 0 Å². The number of ether oxygens (including phenoxy) is 1. The van der Waals surface area contributed by atoms with Gasteiger partial charge in [0.05, 0.1) is 18.9 Å². The van der Waals surface area contributed by atoms with E-state index >= 15 is 0 Å². The zero-order valence-corrected chi connectivity index (χ0v) is 16.7. The summed E-state index contributed by atoms with van der Waals surface area (Å²) < 4.78 is 7.94. The molecule has 154 valence electrons. The molecule has 0 spiro atoms. The van der Waals surface area contributed by atoms with E-state index in [9.17, 15) is 0 Å². The molecule has 0 bridgehead atoms. The lowest BCUT2D eigenvalue weighted by molar-refractivity contribution is 0.0822. The molecule has 1 atom stereocenters. The molecule has 4 aromatic rings. The van der Waals surface area contributed by atoms with E-state index in [0.29, 0.717) is 12.5 Å². The quantitative estimate of drug-likeness (QED) is 0.542. The number of nitrogens with zero attached hydrogens (tertiary/aromatic N) is 6. The summed E-state index contributed by atoms with van der Waals surface area (Å²) in [7, 11) is 0. The summed E-state index contributed by atoms with van der Waals surface area (Å²) >= 11 is 0. The van der Waals surface area contributed by atoms with Gasteiger partial charge < -0.3 is 24.2 Å². The van der Waals surface area contributed by atoms with Gasteiger partial charge in [-0.25, -0.2) is 9.97 Å². The predicted molar refractivity (Wildman–Crippen MR) is 111 cm³/mol. The lowest BCUT2D eigenvalue weighted by Crippen LogP contribution is -2.40. The molecule has 0 radical (unpaired) electrons. The highest BCUT2D eigenvalue weighted by molar-refractivity contribution is 5.77. The van der Waals surface area contributed by atoms with Crippen LogP contribution in [0.1, 0.15) is 42.1 Å². The summed E-state index contributed by atoms with van der Waals surface area (Å²) in [4.78, 5) is 17.8. The Kier molecular flexibility index (Phi) is 4.26. The topological polar surface area (TPSA) is 101 Å². The highest BCUT2D eigenvalue weighted by Crippen LogP contribution is 2.33. The maximum absolute atomic E-state index is 5.57. The fraction of sp³-hybridized carbons (Fsp3) is 0.429. The van der Waals surface area contributed by atoms with Gasteiger partial charge in [-0.15, -0.1) is 10.2 Å². The van der Waals surface area contributed by atoms with Crippen LogP contribution < -0.4 is 4.90 Å². The van der Waals surface area contributed by atoms with Gasteiger partial charge in [0.1, 0.15) is 17.3 Å². The Balaban J connectivity index is 1.37. The monoisotopic (exact) mass is 404 g/mol. The average Bonchev–Trinajstić information content (AvgIpc) is 3.54. The van der Waals surface area contributed by atoms with Crippen LogP contribution in [0.2, 0.25) is 0 Å². The summed E-state index contributed by atoms with van der Waals surface area (Å²) in [5.41, 5.74) is 2.03. The first-order valence-corrected chi connectivity index (χ1v) is 10.5. The molecule has 4 aromatic heterocycles. The van der Waals surface area contributed by atoms with Gasteiger partial charge in [-0.3, -0.25) is 0 Å². The number of rotatable bonds is 4. The van der Waals surface area contributed by atoms with Crippen LogP contribution in [0, 0.1) is 0 Å². The van der Waals surface area contributed by atoms with E-state index < -0.39 is 0 Å². The van der Waals surface area contributed by atoms with Crippen LogP contribution >= 0.6 is 0 Å². The van der Waals surface area contributed by atoms with Crippen molar-refractivity contribution >= 4 is 16.9 Å². The standard InChI is InChI=1S/C21H24N8O/c1-2-18(25-20-14(1)3-6-23-20)28-11-17(9-16-10-22-13-24-16)29-19(12-28)26-27-21(29)15-4-7-30-8-5-15/h1-3,6,10,13,15,17H,4-5,7-9,11-12H2,(H,22,24)(H,23,25). The van der Waals surface area contributed by atoms with Crippen LogP contribution in [-0.2, 0) is 17.7 Å². The van der Waals surface area contributed by atoms with Crippen molar-refractivity contribution in [3.8, 4) is 0 Å². The minimum Gasteiger partial charge on any atom is -0.381 e. The Morgan fingerprint density at radius 3 is 2.90 bits per heavy atom. The third-order valence-corrected chi connectivity index (χ3v) is 6.24. The van der Waals surface area contributed by atoms with Crippen LogP contribution in [-0.4, -0.2) is 54.5 Å². The molecule has 9 nitrogen and oxygen atoms in total. The van der Waals surface area contributed by atoms with E-state index in [1.54, 1.807) is 6.33 Å². The van der Waals surface area contributed by atoms with E-state index in [1.807, 2.05) is 18.5 Å². The number of hydrogen-bond acceptors (Lipinski definition) is 6. The van der Waals surface area contributed by atoms with Gasteiger partial charge >= 0.3 is 0 Å². The van der Waals surface area contributed by atoms with Crippen molar-refractivity contribution in [1.29, 1.82) is 0 Å². The Morgan fingerprint density at radius 1 is 1.10 bits per heavy atom. The van der Waals surface area contributed by atoms with Crippen LogP contribution in [0.4, 0.5) is 5.82 Å². The third kappa shape index (κ3) is 3.06. The molecule has 9 heteroatoms. The molecule has 30 heavy (non-hydrogen) atoms. The van der Waals surface area contributed by atoms with Crippen LogP contribution in [0.5, 0.6) is 0 Å². The minimum atomic E-state index is 0.211. The number of fused-ring (bicyclic) bond motifs is 2. The number of H-pyrrole nitrogens is 2. The molecule has 0 aromatic carbocycles. The van der Waals surface area contributed by atoms with Crippen LogP contribution in [0.3, 0.4) is 0 Å². The van der Waals surface area contributed by atoms with Gasteiger partial charge in [0, 0.05) is 55.6 Å². The summed E-state index contributed by atoms with van der Waals surface area (Å²) in [5, 5.41) is 10.4. The SMILES string of the molecule is c1ncc(CC2CN(c3ccc4cc[nH]c4n3)Cc3nnc(C4CCOCC4)n32)[nH]1. The summed E-state index contributed by atoms with van der Waals surface area (Å²) in [6.07, 6.45) is 8.43. The van der Waals surface area contributed by atoms with Gasteiger partial charge in [-0.1, -0.05) is 0 Å². The van der Waals surface area contributed by atoms with Crippen molar-refractivity contribution in [2.24, 2.45) is 0 Å². The molecule has 1 saturated heterocycles. The second kappa shape index (κ2) is 7.24. The molecule has 0 saturated carbocycles. The number of anilines is 1. The van der Waals surface area contributed by atoms with Crippen molar-refractivity contribution in [2.45, 2.75) is 37.8 Å². The van der Waals surface area contributed by atoms with Gasteiger partial charge in [-0.2, -0.15) is 0 Å². The molecule has 1 unspecified atom stereocenters. The van der Waals surface area contributed by atoms with Gasteiger partial charge in [0.2, 0.25) is 0 Å². The summed E-state index contributed by atoms with van der Waals surface area (Å²) in [6.45, 7) is 3.14. The Labute approximate surface area is 173 Å². The molecule has 2 N–H and O–H groups in total. The van der Waals surface area contributed by atoms with Crippen molar-refractivity contribution in [3.05, 3.63) is 54.3 Å². The third-order valence-electron chi connectivity index (χ3n) is 6.24. The first-order chi connectivity index (χ1) is 14.8. The molecule has 0 amide bonds. The number of imidazole rings is 1. The van der Waals surface area contributed by atoms with E-state index in [4.69, 9.17) is 9.72 Å². The van der Waals surface area contributed by atoms with E-state index in [1.165, 1.54) is 0 Å². The molecule has 1 fully saturated rings. The number of nitrogens with one attached hydrogen (secondary N) is 2. The Hall–Kier alpha value is -3.20. The second-order valence-corrected chi connectivity index (χ2v) is 8.13. The molecule has 2 aliphatic heterocycles. The maximum atomic E-state index is 5.57. The van der Waals surface area contributed by atoms with E-state index in [2.05, 4.69) is 46.7 Å². The molecule has 6 rings (SSSR count). The highest BCUT2D eigenvalue weighted by Gasteiger charge is 2.33. The number of aromatic nitrogens is 7. The summed E-state index contributed by atoms with van der Waals surface area (Å²) in [6, 6.07) is 6.46. The number of aromatic amines is 2. The van der Waals surface area contributed by atoms with Gasteiger partial charge in [0.15, 0.2) is 5.82 Å². The summed E-state index contributed by atoms with van der Waals surface area (Å²) in [5.74, 6) is 3.47. The number of hydrogen-bond donors (Lipinski definition) is 2. The Morgan fingerprint density at radius 2 is 2.03 bits per heavy atom. The number of pyridine rings is 1. The lowest BCUT2D eigenvalue weighted by atomic mass is 9.98. The van der Waals surface area contributed by atoms with E-state index in [0.717, 1.165) is 73.2 Å². The largest absolute Gasteiger partial charge is 0.381 e. The maximum Gasteiger partial charge on any atom is 0.153 e. The highest BCUT2D eigenvalue weighted by atomic mass is 16.5. The van der Waals surface area contributed by atoms with Crippen molar-refractivity contribution in [2.75, 3.05) is 24.7 Å². The van der Waals surface area contributed by atoms with Crippen molar-refractivity contribution < 1.29 is 4.74 Å². The normalized spacial score (nSPS) is 20.0. The lowest BCUT2D eigenvalue weighted by Gasteiger charge is -2.36. The van der Waals surface area contributed by atoms with Gasteiger partial charge in [0.25, 0.3) is 0 Å². The molecular weight excluding hydrogens is 380 g/mol. The first-order valence-electron chi connectivity index (χ1n) is 10.5. The predicted octanol–water partition coefficient (Wildman–Crippen LogP) is 2.58. The fourth-order valence-corrected chi connectivity index (χ4v) is 4.73. The molecule has 6 heterocycles. The first kappa shape index (κ1) is 17.6. The minimum absolute atomic E-state index is 0.211. The zero-order chi connectivity index (χ0) is 19.9. The Bertz CT molecular complexity index is 1140. The van der Waals surface area contributed by atoms with Gasteiger partial charge in [-0.05, 0) is 31.0 Å². The van der Waals surface area contributed by atoms with Crippen LogP contribution in [0.25, 0.3) is 11.0 Å². The van der Waals surface area contributed by atoms with Crippen LogP contribution in [0.15, 0.2) is 36.9 Å². The molecular formula is C21H24N8O. The molecule has 2 aliphatic rings. The second-order valence-electron chi connectivity index (χ2n) is 8.13. The van der Waals surface area contributed by atoms with Crippen molar-refractivity contribution in [1.82, 2.24) is 34.7 Å². The fourth-order valence-electron chi connectivity index (χ4n) is 4.73. The zero-order valence-electron chi connectivity index (χ0n) is 16.7. The average molecular weight is 404 g/mol. The smallest absolute Gasteiger partial charge is 0.153 e. The van der Waals surface area contributed by atoms with E-state index in [-0.39, 0.29) is 6.04 Å².